The molecule has 1 aliphatic heterocycles. The first-order chi connectivity index (χ1) is 12.8. The van der Waals surface area contributed by atoms with E-state index in [1.807, 2.05) is 0 Å². The lowest BCUT2D eigenvalue weighted by molar-refractivity contribution is -0.0359. The summed E-state index contributed by atoms with van der Waals surface area (Å²) < 4.78 is 11.9. The molecule has 1 aliphatic rings. The summed E-state index contributed by atoms with van der Waals surface area (Å²) >= 11 is 0. The molecule has 0 spiro atoms. The van der Waals surface area contributed by atoms with Crippen LogP contribution in [0.2, 0.25) is 0 Å². The van der Waals surface area contributed by atoms with Crippen LogP contribution >= 0.6 is 0 Å². The molecule has 0 aromatic carbocycles. The average Bonchev–Trinajstić information content (AvgIpc) is 2.64. The van der Waals surface area contributed by atoms with Gasteiger partial charge in [0.25, 0.3) is 0 Å². The van der Waals surface area contributed by atoms with Crippen LogP contribution in [-0.2, 0) is 9.47 Å². The minimum absolute atomic E-state index is 0.312. The van der Waals surface area contributed by atoms with E-state index < -0.39 is 0 Å². The van der Waals surface area contributed by atoms with Gasteiger partial charge in [0, 0.05) is 39.3 Å². The lowest BCUT2D eigenvalue weighted by Gasteiger charge is -2.34. The Kier molecular flexibility index (Phi) is 12.1. The highest BCUT2D eigenvalue weighted by Gasteiger charge is 2.23. The van der Waals surface area contributed by atoms with Crippen LogP contribution in [0, 0.1) is 10.8 Å². The molecule has 0 aromatic rings. The molecular weight excluding hydrogens is 336 g/mol. The smallest absolute Gasteiger partial charge is 0.0826 e. The van der Waals surface area contributed by atoms with Crippen molar-refractivity contribution < 1.29 is 9.47 Å². The van der Waals surface area contributed by atoms with Crippen molar-refractivity contribution in [3.8, 4) is 0 Å². The van der Waals surface area contributed by atoms with Crippen molar-refractivity contribution in [3.05, 3.63) is 0 Å². The zero-order valence-corrected chi connectivity index (χ0v) is 19.2. The monoisotopic (exact) mass is 384 g/mol. The Morgan fingerprint density at radius 2 is 1.81 bits per heavy atom. The molecule has 0 amide bonds. The Morgan fingerprint density at radius 1 is 1.07 bits per heavy atom. The van der Waals surface area contributed by atoms with Crippen LogP contribution < -0.4 is 5.32 Å². The number of ether oxygens (including phenoxy) is 2. The summed E-state index contributed by atoms with van der Waals surface area (Å²) in [6, 6.07) is 0. The summed E-state index contributed by atoms with van der Waals surface area (Å²) in [6.07, 6.45) is 7.79. The summed E-state index contributed by atoms with van der Waals surface area (Å²) in [4.78, 5) is 2.50. The Morgan fingerprint density at radius 3 is 2.48 bits per heavy atom. The van der Waals surface area contributed by atoms with Gasteiger partial charge in [0.1, 0.15) is 0 Å². The third-order valence-corrected chi connectivity index (χ3v) is 6.47. The standard InChI is InChI=1S/C23H48N2O2/c1-7-11-22(4,5)12-10-15-26-16-13-25-14-17-27-21(19-25)18-24-20-23(6,8-2)9-3/h21,24H,7-20H2,1-6H3. The topological polar surface area (TPSA) is 33.7 Å². The number of hydrogen-bond acceptors (Lipinski definition) is 4. The van der Waals surface area contributed by atoms with Crippen LogP contribution in [-0.4, -0.2) is 63.5 Å². The van der Waals surface area contributed by atoms with Gasteiger partial charge in [-0.15, -0.1) is 0 Å². The molecule has 0 aromatic heterocycles. The highest BCUT2D eigenvalue weighted by Crippen LogP contribution is 2.27. The van der Waals surface area contributed by atoms with E-state index in [1.54, 1.807) is 0 Å². The van der Waals surface area contributed by atoms with Crippen molar-refractivity contribution in [3.63, 3.8) is 0 Å². The number of rotatable bonds is 15. The minimum atomic E-state index is 0.312. The van der Waals surface area contributed by atoms with E-state index in [1.165, 1.54) is 38.5 Å². The van der Waals surface area contributed by atoms with Gasteiger partial charge >= 0.3 is 0 Å². The summed E-state index contributed by atoms with van der Waals surface area (Å²) in [5, 5.41) is 3.64. The van der Waals surface area contributed by atoms with Gasteiger partial charge in [-0.3, -0.25) is 4.90 Å². The molecule has 1 atom stereocenters. The van der Waals surface area contributed by atoms with Crippen LogP contribution in [0.1, 0.15) is 80.1 Å². The van der Waals surface area contributed by atoms with Crippen LogP contribution in [0.3, 0.4) is 0 Å². The first-order valence-corrected chi connectivity index (χ1v) is 11.5. The van der Waals surface area contributed by atoms with Crippen LogP contribution in [0.4, 0.5) is 0 Å². The first kappa shape index (κ1) is 24.9. The van der Waals surface area contributed by atoms with Gasteiger partial charge < -0.3 is 14.8 Å². The maximum Gasteiger partial charge on any atom is 0.0826 e. The fourth-order valence-corrected chi connectivity index (χ4v) is 3.89. The van der Waals surface area contributed by atoms with Gasteiger partial charge in [0.2, 0.25) is 0 Å². The molecule has 0 bridgehead atoms. The van der Waals surface area contributed by atoms with E-state index in [0.717, 1.165) is 52.5 Å². The number of hydrogen-bond donors (Lipinski definition) is 1. The molecule has 0 aliphatic carbocycles. The van der Waals surface area contributed by atoms with Gasteiger partial charge in [-0.1, -0.05) is 48.0 Å². The molecule has 1 saturated heterocycles. The molecule has 4 nitrogen and oxygen atoms in total. The Bertz CT molecular complexity index is 369. The van der Waals surface area contributed by atoms with E-state index in [0.29, 0.717) is 16.9 Å². The largest absolute Gasteiger partial charge is 0.380 e. The molecular formula is C23H48N2O2. The van der Waals surface area contributed by atoms with Crippen molar-refractivity contribution in [1.29, 1.82) is 0 Å². The SMILES string of the molecule is CCCC(C)(C)CCCOCCN1CCOC(CNCC(C)(CC)CC)C1. The van der Waals surface area contributed by atoms with Crippen molar-refractivity contribution in [2.45, 2.75) is 86.2 Å². The molecule has 1 N–H and O–H groups in total. The lowest BCUT2D eigenvalue weighted by Crippen LogP contribution is -2.48. The second kappa shape index (κ2) is 13.1. The number of nitrogens with zero attached hydrogens (tertiary/aromatic N) is 1. The molecule has 1 unspecified atom stereocenters. The van der Waals surface area contributed by atoms with Crippen molar-refractivity contribution in [2.24, 2.45) is 10.8 Å². The van der Waals surface area contributed by atoms with Crippen molar-refractivity contribution in [1.82, 2.24) is 10.2 Å². The molecule has 1 rings (SSSR count). The molecule has 4 heteroatoms. The van der Waals surface area contributed by atoms with Gasteiger partial charge in [0.15, 0.2) is 0 Å². The second-order valence-electron chi connectivity index (χ2n) is 9.57. The van der Waals surface area contributed by atoms with Crippen molar-refractivity contribution in [2.75, 3.05) is 52.5 Å². The van der Waals surface area contributed by atoms with E-state index in [-0.39, 0.29) is 0 Å². The maximum absolute atomic E-state index is 5.95. The highest BCUT2D eigenvalue weighted by atomic mass is 16.5. The fraction of sp³-hybridized carbons (Fsp3) is 1.00. The van der Waals surface area contributed by atoms with Crippen LogP contribution in [0.15, 0.2) is 0 Å². The summed E-state index contributed by atoms with van der Waals surface area (Å²) in [5.41, 5.74) is 0.877. The molecule has 27 heavy (non-hydrogen) atoms. The Balaban J connectivity index is 2.11. The zero-order valence-electron chi connectivity index (χ0n) is 19.2. The Hall–Kier alpha value is -0.160. The van der Waals surface area contributed by atoms with Crippen LogP contribution in [0.5, 0.6) is 0 Å². The maximum atomic E-state index is 5.95. The van der Waals surface area contributed by atoms with Gasteiger partial charge in [-0.2, -0.15) is 0 Å². The molecule has 1 fully saturated rings. The summed E-state index contributed by atoms with van der Waals surface area (Å²) in [7, 11) is 0. The quantitative estimate of drug-likeness (QED) is 0.414. The summed E-state index contributed by atoms with van der Waals surface area (Å²) in [6.45, 7) is 21.7. The lowest BCUT2D eigenvalue weighted by atomic mass is 9.83. The van der Waals surface area contributed by atoms with Crippen LogP contribution in [0.25, 0.3) is 0 Å². The zero-order chi connectivity index (χ0) is 20.2. The highest BCUT2D eigenvalue weighted by molar-refractivity contribution is 4.78. The first-order valence-electron chi connectivity index (χ1n) is 11.5. The van der Waals surface area contributed by atoms with Gasteiger partial charge in [-0.25, -0.2) is 0 Å². The van der Waals surface area contributed by atoms with E-state index in [2.05, 4.69) is 51.8 Å². The normalized spacial score (nSPS) is 19.6. The fourth-order valence-electron chi connectivity index (χ4n) is 3.89. The van der Waals surface area contributed by atoms with E-state index >= 15 is 0 Å². The second-order valence-corrected chi connectivity index (χ2v) is 9.57. The van der Waals surface area contributed by atoms with E-state index in [4.69, 9.17) is 9.47 Å². The molecule has 162 valence electrons. The average molecular weight is 385 g/mol. The number of nitrogens with one attached hydrogen (secondary N) is 1. The minimum Gasteiger partial charge on any atom is -0.380 e. The third kappa shape index (κ3) is 10.8. The van der Waals surface area contributed by atoms with Crippen molar-refractivity contribution >= 4 is 0 Å². The van der Waals surface area contributed by atoms with Gasteiger partial charge in [-0.05, 0) is 42.9 Å². The Labute approximate surface area is 169 Å². The van der Waals surface area contributed by atoms with Gasteiger partial charge in [0.05, 0.1) is 19.3 Å². The summed E-state index contributed by atoms with van der Waals surface area (Å²) in [5.74, 6) is 0. The van der Waals surface area contributed by atoms with E-state index in [9.17, 15) is 0 Å². The predicted octanol–water partition coefficient (Wildman–Crippen LogP) is 4.73. The third-order valence-electron chi connectivity index (χ3n) is 6.47. The molecule has 0 radical (unpaired) electrons. The molecule has 1 heterocycles. The predicted molar refractivity (Wildman–Crippen MR) is 116 cm³/mol. The molecule has 0 saturated carbocycles. The number of morpholine rings is 1.